The molecule has 5 heteroatoms. The molecule has 0 radical (unpaired) electrons. The van der Waals surface area contributed by atoms with Crippen LogP contribution in [-0.4, -0.2) is 8.42 Å². The van der Waals surface area contributed by atoms with Crippen molar-refractivity contribution in [3.63, 3.8) is 0 Å². The van der Waals surface area contributed by atoms with Crippen LogP contribution in [0.2, 0.25) is 0 Å². The fraction of sp³-hybridized carbons (Fsp3) is 0. The zero-order valence-electron chi connectivity index (χ0n) is 9.00. The van der Waals surface area contributed by atoms with Gasteiger partial charge in [0.15, 0.2) is 0 Å². The number of anilines is 1. The molecule has 0 amide bonds. The van der Waals surface area contributed by atoms with Gasteiger partial charge in [0.05, 0.1) is 4.90 Å². The first-order chi connectivity index (χ1) is 7.97. The highest BCUT2D eigenvalue weighted by Crippen LogP contribution is 2.23. The Hall–Kier alpha value is -1.85. The number of sulfonamides is 1. The predicted molar refractivity (Wildman–Crippen MR) is 67.7 cm³/mol. The van der Waals surface area contributed by atoms with E-state index in [9.17, 15) is 8.42 Å². The fourth-order valence-electron chi connectivity index (χ4n) is 1.57. The first-order valence-electron chi connectivity index (χ1n) is 4.95. The summed E-state index contributed by atoms with van der Waals surface area (Å²) in [5.74, 6) is 0. The zero-order valence-corrected chi connectivity index (χ0v) is 9.81. The average molecular weight is 248 g/mol. The Morgan fingerprint density at radius 2 is 1.47 bits per heavy atom. The van der Waals surface area contributed by atoms with Gasteiger partial charge in [-0.05, 0) is 35.4 Å². The van der Waals surface area contributed by atoms with Crippen LogP contribution in [0, 0.1) is 0 Å². The molecule has 17 heavy (non-hydrogen) atoms. The number of nitrogens with two attached hydrogens (primary N) is 2. The molecule has 2 aromatic rings. The van der Waals surface area contributed by atoms with E-state index in [0.717, 1.165) is 11.1 Å². The van der Waals surface area contributed by atoms with Gasteiger partial charge >= 0.3 is 0 Å². The maximum absolute atomic E-state index is 11.2. The molecule has 0 spiro atoms. The molecule has 2 aromatic carbocycles. The van der Waals surface area contributed by atoms with Crippen LogP contribution in [0.1, 0.15) is 0 Å². The van der Waals surface area contributed by atoms with E-state index in [2.05, 4.69) is 0 Å². The Labute approximate surface area is 99.9 Å². The molecule has 4 nitrogen and oxygen atoms in total. The smallest absolute Gasteiger partial charge is 0.238 e. The molecule has 0 saturated carbocycles. The Morgan fingerprint density at radius 3 is 2.06 bits per heavy atom. The summed E-state index contributed by atoms with van der Waals surface area (Å²) in [6.07, 6.45) is 0. The number of primary sulfonamides is 1. The van der Waals surface area contributed by atoms with E-state index in [1.165, 1.54) is 12.1 Å². The van der Waals surface area contributed by atoms with Crippen molar-refractivity contribution in [3.8, 4) is 11.1 Å². The standard InChI is InChI=1S/C12H12N2O2S/c13-11-5-1-3-9(7-11)10-4-2-6-12(8-10)17(14,15)16/h1-8H,13H2,(H2,14,15,16). The van der Waals surface area contributed by atoms with Crippen molar-refractivity contribution in [3.05, 3.63) is 48.5 Å². The topological polar surface area (TPSA) is 86.2 Å². The second-order valence-electron chi connectivity index (χ2n) is 3.70. The summed E-state index contributed by atoms with van der Waals surface area (Å²) in [5.41, 5.74) is 7.93. The molecule has 2 rings (SSSR count). The molecule has 0 aliphatic heterocycles. The van der Waals surface area contributed by atoms with Gasteiger partial charge in [-0.25, -0.2) is 13.6 Å². The zero-order chi connectivity index (χ0) is 12.5. The summed E-state index contributed by atoms with van der Waals surface area (Å²) in [6.45, 7) is 0. The number of benzene rings is 2. The molecule has 0 aliphatic carbocycles. The van der Waals surface area contributed by atoms with Gasteiger partial charge in [0, 0.05) is 5.69 Å². The lowest BCUT2D eigenvalue weighted by Gasteiger charge is -2.05. The maximum Gasteiger partial charge on any atom is 0.238 e. The minimum absolute atomic E-state index is 0.0948. The van der Waals surface area contributed by atoms with E-state index in [0.29, 0.717) is 5.69 Å². The third kappa shape index (κ3) is 2.64. The van der Waals surface area contributed by atoms with Gasteiger partial charge < -0.3 is 5.73 Å². The lowest BCUT2D eigenvalue weighted by molar-refractivity contribution is 0.598. The van der Waals surface area contributed by atoms with Crippen molar-refractivity contribution in [1.29, 1.82) is 0 Å². The summed E-state index contributed by atoms with van der Waals surface area (Å²) in [5, 5.41) is 5.08. The minimum atomic E-state index is -3.67. The van der Waals surface area contributed by atoms with Gasteiger partial charge in [-0.3, -0.25) is 0 Å². The van der Waals surface area contributed by atoms with Crippen LogP contribution in [-0.2, 0) is 10.0 Å². The molecule has 88 valence electrons. The Morgan fingerprint density at radius 1 is 0.882 bits per heavy atom. The minimum Gasteiger partial charge on any atom is -0.399 e. The summed E-state index contributed by atoms with van der Waals surface area (Å²) in [7, 11) is -3.67. The Kier molecular flexibility index (Phi) is 2.87. The largest absolute Gasteiger partial charge is 0.399 e. The molecule has 0 atom stereocenters. The number of nitrogen functional groups attached to an aromatic ring is 1. The summed E-state index contributed by atoms with van der Waals surface area (Å²) in [6, 6.07) is 13.7. The van der Waals surface area contributed by atoms with Crippen molar-refractivity contribution in [2.24, 2.45) is 5.14 Å². The second kappa shape index (κ2) is 4.20. The van der Waals surface area contributed by atoms with Gasteiger partial charge in [-0.1, -0.05) is 24.3 Å². The molecule has 0 heterocycles. The molecular formula is C12H12N2O2S. The highest BCUT2D eigenvalue weighted by Gasteiger charge is 2.08. The van der Waals surface area contributed by atoms with E-state index >= 15 is 0 Å². The highest BCUT2D eigenvalue weighted by molar-refractivity contribution is 7.89. The van der Waals surface area contributed by atoms with Crippen LogP contribution in [0.4, 0.5) is 5.69 Å². The first-order valence-corrected chi connectivity index (χ1v) is 6.50. The monoisotopic (exact) mass is 248 g/mol. The second-order valence-corrected chi connectivity index (χ2v) is 5.26. The van der Waals surface area contributed by atoms with Gasteiger partial charge in [-0.15, -0.1) is 0 Å². The van der Waals surface area contributed by atoms with Crippen LogP contribution in [0.15, 0.2) is 53.4 Å². The molecule has 0 aromatic heterocycles. The molecule has 0 saturated heterocycles. The number of hydrogen-bond acceptors (Lipinski definition) is 3. The molecule has 0 aliphatic rings. The van der Waals surface area contributed by atoms with Crippen molar-refractivity contribution in [1.82, 2.24) is 0 Å². The molecule has 4 N–H and O–H groups in total. The summed E-state index contributed by atoms with van der Waals surface area (Å²) < 4.78 is 22.5. The van der Waals surface area contributed by atoms with Crippen LogP contribution >= 0.6 is 0 Å². The Bertz CT molecular complexity index is 651. The molecule has 0 fully saturated rings. The van der Waals surface area contributed by atoms with Crippen LogP contribution in [0.5, 0.6) is 0 Å². The van der Waals surface area contributed by atoms with Crippen LogP contribution in [0.25, 0.3) is 11.1 Å². The number of rotatable bonds is 2. The van der Waals surface area contributed by atoms with E-state index in [1.54, 1.807) is 18.2 Å². The van der Waals surface area contributed by atoms with Crippen LogP contribution < -0.4 is 10.9 Å². The van der Waals surface area contributed by atoms with Crippen LogP contribution in [0.3, 0.4) is 0 Å². The van der Waals surface area contributed by atoms with Gasteiger partial charge in [0.25, 0.3) is 0 Å². The van der Waals surface area contributed by atoms with Crippen molar-refractivity contribution in [2.45, 2.75) is 4.90 Å². The lowest BCUT2D eigenvalue weighted by Crippen LogP contribution is -2.11. The fourth-order valence-corrected chi connectivity index (χ4v) is 2.13. The Balaban J connectivity index is 2.54. The van der Waals surface area contributed by atoms with Gasteiger partial charge in [-0.2, -0.15) is 0 Å². The van der Waals surface area contributed by atoms with Crippen molar-refractivity contribution >= 4 is 15.7 Å². The van der Waals surface area contributed by atoms with Gasteiger partial charge in [0.1, 0.15) is 0 Å². The van der Waals surface area contributed by atoms with Gasteiger partial charge in [0.2, 0.25) is 10.0 Å². The average Bonchev–Trinajstić information content (AvgIpc) is 2.28. The van der Waals surface area contributed by atoms with Crippen molar-refractivity contribution in [2.75, 3.05) is 5.73 Å². The molecular weight excluding hydrogens is 236 g/mol. The van der Waals surface area contributed by atoms with E-state index < -0.39 is 10.0 Å². The lowest BCUT2D eigenvalue weighted by atomic mass is 10.1. The van der Waals surface area contributed by atoms with E-state index in [1.807, 2.05) is 18.2 Å². The molecule has 0 bridgehead atoms. The van der Waals surface area contributed by atoms with E-state index in [4.69, 9.17) is 10.9 Å². The van der Waals surface area contributed by atoms with Crippen molar-refractivity contribution < 1.29 is 8.42 Å². The first kappa shape index (κ1) is 11.6. The SMILES string of the molecule is Nc1cccc(-c2cccc(S(N)(=O)=O)c2)c1. The quantitative estimate of drug-likeness (QED) is 0.791. The highest BCUT2D eigenvalue weighted by atomic mass is 32.2. The number of hydrogen-bond donors (Lipinski definition) is 2. The summed E-state index contributed by atoms with van der Waals surface area (Å²) in [4.78, 5) is 0.0948. The third-order valence-electron chi connectivity index (χ3n) is 2.38. The normalized spacial score (nSPS) is 11.4. The third-order valence-corrected chi connectivity index (χ3v) is 3.29. The summed E-state index contributed by atoms with van der Waals surface area (Å²) >= 11 is 0. The maximum atomic E-state index is 11.2. The van der Waals surface area contributed by atoms with E-state index in [-0.39, 0.29) is 4.90 Å². The molecule has 0 unspecified atom stereocenters. The predicted octanol–water partition coefficient (Wildman–Crippen LogP) is 1.58.